The highest BCUT2D eigenvalue weighted by Gasteiger charge is 2.32. The SMILES string of the molecule is O=C(O)C1CCC(CN2CCc3ccccc32)O1. The Bertz CT molecular complexity index is 460. The van der Waals surface area contributed by atoms with E-state index in [4.69, 9.17) is 9.84 Å². The number of ether oxygens (including phenoxy) is 1. The number of anilines is 1. The molecule has 2 aliphatic rings. The molecule has 4 nitrogen and oxygen atoms in total. The Morgan fingerprint density at radius 3 is 3.00 bits per heavy atom. The Morgan fingerprint density at radius 2 is 2.22 bits per heavy atom. The Kier molecular flexibility index (Phi) is 2.96. The standard InChI is InChI=1S/C14H17NO3/c16-14(17)13-6-5-11(18-13)9-15-8-7-10-3-1-2-4-12(10)15/h1-4,11,13H,5-9H2,(H,16,17). The summed E-state index contributed by atoms with van der Waals surface area (Å²) in [5.74, 6) is -0.834. The fourth-order valence-electron chi connectivity index (χ4n) is 2.86. The molecule has 0 bridgehead atoms. The molecule has 3 rings (SSSR count). The first-order chi connectivity index (χ1) is 8.74. The fourth-order valence-corrected chi connectivity index (χ4v) is 2.86. The van der Waals surface area contributed by atoms with E-state index in [0.29, 0.717) is 6.42 Å². The summed E-state index contributed by atoms with van der Waals surface area (Å²) in [6.45, 7) is 1.82. The number of aliphatic carboxylic acids is 1. The van der Waals surface area contributed by atoms with Gasteiger partial charge in [-0.1, -0.05) is 18.2 Å². The summed E-state index contributed by atoms with van der Waals surface area (Å²) in [6, 6.07) is 8.40. The van der Waals surface area contributed by atoms with Crippen LogP contribution in [0.4, 0.5) is 5.69 Å². The van der Waals surface area contributed by atoms with Gasteiger partial charge in [0.25, 0.3) is 0 Å². The third-order valence-electron chi connectivity index (χ3n) is 3.79. The maximum atomic E-state index is 10.8. The normalized spacial score (nSPS) is 26.3. The van der Waals surface area contributed by atoms with E-state index in [0.717, 1.165) is 25.9 Å². The lowest BCUT2D eigenvalue weighted by molar-refractivity contribution is -0.149. The molecule has 1 aromatic rings. The minimum atomic E-state index is -0.834. The number of para-hydroxylation sites is 1. The monoisotopic (exact) mass is 247 g/mol. The van der Waals surface area contributed by atoms with E-state index in [-0.39, 0.29) is 6.10 Å². The Balaban J connectivity index is 1.64. The smallest absolute Gasteiger partial charge is 0.332 e. The van der Waals surface area contributed by atoms with Crippen molar-refractivity contribution >= 4 is 11.7 Å². The van der Waals surface area contributed by atoms with E-state index < -0.39 is 12.1 Å². The molecule has 1 N–H and O–H groups in total. The van der Waals surface area contributed by atoms with Gasteiger partial charge in [-0.05, 0) is 30.9 Å². The van der Waals surface area contributed by atoms with Crippen LogP contribution in [0.15, 0.2) is 24.3 Å². The molecule has 96 valence electrons. The van der Waals surface area contributed by atoms with Gasteiger partial charge in [-0.3, -0.25) is 0 Å². The van der Waals surface area contributed by atoms with Crippen molar-refractivity contribution in [3.63, 3.8) is 0 Å². The molecule has 0 aromatic heterocycles. The third-order valence-corrected chi connectivity index (χ3v) is 3.79. The second kappa shape index (κ2) is 4.61. The van der Waals surface area contributed by atoms with Crippen LogP contribution in [0.3, 0.4) is 0 Å². The van der Waals surface area contributed by atoms with Crippen molar-refractivity contribution in [2.75, 3.05) is 18.0 Å². The zero-order valence-corrected chi connectivity index (χ0v) is 10.2. The van der Waals surface area contributed by atoms with Gasteiger partial charge in [0.15, 0.2) is 6.10 Å². The molecule has 1 fully saturated rings. The van der Waals surface area contributed by atoms with Gasteiger partial charge in [-0.2, -0.15) is 0 Å². The summed E-state index contributed by atoms with van der Waals surface area (Å²) in [5.41, 5.74) is 2.66. The molecule has 0 amide bonds. The van der Waals surface area contributed by atoms with Crippen molar-refractivity contribution in [2.24, 2.45) is 0 Å². The van der Waals surface area contributed by atoms with Crippen molar-refractivity contribution in [1.82, 2.24) is 0 Å². The van der Waals surface area contributed by atoms with Gasteiger partial charge in [-0.15, -0.1) is 0 Å². The summed E-state index contributed by atoms with van der Waals surface area (Å²) in [5, 5.41) is 8.91. The molecule has 0 radical (unpaired) electrons. The second-order valence-corrected chi connectivity index (χ2v) is 4.99. The molecule has 4 heteroatoms. The largest absolute Gasteiger partial charge is 0.479 e. The zero-order chi connectivity index (χ0) is 12.5. The minimum Gasteiger partial charge on any atom is -0.479 e. The van der Waals surface area contributed by atoms with Gasteiger partial charge in [0.2, 0.25) is 0 Å². The van der Waals surface area contributed by atoms with Gasteiger partial charge >= 0.3 is 5.97 Å². The molecule has 0 spiro atoms. The van der Waals surface area contributed by atoms with Gasteiger partial charge in [0, 0.05) is 18.8 Å². The van der Waals surface area contributed by atoms with E-state index >= 15 is 0 Å². The number of fused-ring (bicyclic) bond motifs is 1. The number of benzene rings is 1. The van der Waals surface area contributed by atoms with E-state index in [1.54, 1.807) is 0 Å². The average molecular weight is 247 g/mol. The molecule has 1 saturated heterocycles. The molecule has 1 aromatic carbocycles. The van der Waals surface area contributed by atoms with Crippen LogP contribution < -0.4 is 4.90 Å². The number of nitrogens with zero attached hydrogens (tertiary/aromatic N) is 1. The lowest BCUT2D eigenvalue weighted by Gasteiger charge is -2.23. The van der Waals surface area contributed by atoms with Crippen LogP contribution in [0.2, 0.25) is 0 Å². The van der Waals surface area contributed by atoms with Crippen molar-refractivity contribution in [1.29, 1.82) is 0 Å². The van der Waals surface area contributed by atoms with E-state index in [2.05, 4.69) is 23.1 Å². The number of carboxylic acids is 1. The molecule has 2 unspecified atom stereocenters. The number of hydrogen-bond acceptors (Lipinski definition) is 3. The summed E-state index contributed by atoms with van der Waals surface area (Å²) < 4.78 is 5.56. The predicted octanol–water partition coefficient (Wildman–Crippen LogP) is 1.68. The molecule has 2 aliphatic heterocycles. The highest BCUT2D eigenvalue weighted by atomic mass is 16.5. The molecule has 0 aliphatic carbocycles. The van der Waals surface area contributed by atoms with E-state index in [9.17, 15) is 4.79 Å². The lowest BCUT2D eigenvalue weighted by Crippen LogP contribution is -2.32. The first kappa shape index (κ1) is 11.5. The third kappa shape index (κ3) is 2.08. The van der Waals surface area contributed by atoms with Crippen molar-refractivity contribution < 1.29 is 14.6 Å². The highest BCUT2D eigenvalue weighted by molar-refractivity contribution is 5.72. The minimum absolute atomic E-state index is 0.0530. The van der Waals surface area contributed by atoms with Crippen LogP contribution in [0.25, 0.3) is 0 Å². The van der Waals surface area contributed by atoms with Crippen LogP contribution in [0, 0.1) is 0 Å². The van der Waals surface area contributed by atoms with Gasteiger partial charge in [0.05, 0.1) is 6.10 Å². The fraction of sp³-hybridized carbons (Fsp3) is 0.500. The van der Waals surface area contributed by atoms with E-state index in [1.807, 2.05) is 6.07 Å². The second-order valence-electron chi connectivity index (χ2n) is 4.99. The number of rotatable bonds is 3. The molecule has 2 heterocycles. The molecule has 18 heavy (non-hydrogen) atoms. The molecular formula is C14H17NO3. The van der Waals surface area contributed by atoms with Gasteiger partial charge < -0.3 is 14.7 Å². The summed E-state index contributed by atoms with van der Waals surface area (Å²) >= 11 is 0. The van der Waals surface area contributed by atoms with Crippen molar-refractivity contribution in [2.45, 2.75) is 31.5 Å². The first-order valence-electron chi connectivity index (χ1n) is 6.45. The molecular weight excluding hydrogens is 230 g/mol. The maximum absolute atomic E-state index is 10.8. The number of hydrogen-bond donors (Lipinski definition) is 1. The summed E-state index contributed by atoms with van der Waals surface area (Å²) in [4.78, 5) is 13.2. The summed E-state index contributed by atoms with van der Waals surface area (Å²) in [7, 11) is 0. The highest BCUT2D eigenvalue weighted by Crippen LogP contribution is 2.29. The zero-order valence-electron chi connectivity index (χ0n) is 10.2. The number of carbonyl (C=O) groups is 1. The van der Waals surface area contributed by atoms with Crippen LogP contribution in [-0.4, -0.2) is 36.4 Å². The Morgan fingerprint density at radius 1 is 1.39 bits per heavy atom. The first-order valence-corrected chi connectivity index (χ1v) is 6.45. The molecule has 2 atom stereocenters. The Hall–Kier alpha value is -1.55. The molecule has 0 saturated carbocycles. The topological polar surface area (TPSA) is 49.8 Å². The van der Waals surface area contributed by atoms with Gasteiger partial charge in [-0.25, -0.2) is 4.79 Å². The quantitative estimate of drug-likeness (QED) is 0.883. The van der Waals surface area contributed by atoms with Crippen molar-refractivity contribution in [3.05, 3.63) is 29.8 Å². The van der Waals surface area contributed by atoms with Crippen LogP contribution >= 0.6 is 0 Å². The van der Waals surface area contributed by atoms with Crippen LogP contribution in [0.5, 0.6) is 0 Å². The average Bonchev–Trinajstić information content (AvgIpc) is 2.98. The van der Waals surface area contributed by atoms with Crippen LogP contribution in [-0.2, 0) is 16.0 Å². The maximum Gasteiger partial charge on any atom is 0.332 e. The lowest BCUT2D eigenvalue weighted by atomic mass is 10.1. The van der Waals surface area contributed by atoms with E-state index in [1.165, 1.54) is 11.3 Å². The van der Waals surface area contributed by atoms with Gasteiger partial charge in [0.1, 0.15) is 0 Å². The van der Waals surface area contributed by atoms with Crippen LogP contribution in [0.1, 0.15) is 18.4 Å². The predicted molar refractivity (Wildman–Crippen MR) is 67.9 cm³/mol. The van der Waals surface area contributed by atoms with Crippen molar-refractivity contribution in [3.8, 4) is 0 Å². The number of carboxylic acid groups (broad SMARTS) is 1. The Labute approximate surface area is 106 Å². The summed E-state index contributed by atoms with van der Waals surface area (Å²) in [6.07, 6.45) is 2.00.